The zero-order valence-electron chi connectivity index (χ0n) is 21.6. The highest BCUT2D eigenvalue weighted by atomic mass is 16.3. The van der Waals surface area contributed by atoms with E-state index in [4.69, 9.17) is 0 Å². The molecule has 4 aliphatic rings. The average molecular weight is 445 g/mol. The summed E-state index contributed by atoms with van der Waals surface area (Å²) >= 11 is 0. The summed E-state index contributed by atoms with van der Waals surface area (Å²) in [4.78, 5) is 0. The summed E-state index contributed by atoms with van der Waals surface area (Å²) < 4.78 is 0. The third-order valence-electron chi connectivity index (χ3n) is 11.6. The summed E-state index contributed by atoms with van der Waals surface area (Å²) in [6.07, 6.45) is 11.5. The molecule has 32 heavy (non-hydrogen) atoms. The molecule has 0 aromatic carbocycles. The standard InChI is InChI=1S/C29H48O3/c1-18(2)9-8-10-20(30)19-11-15-29(7)25(19)21(31)17-23-27(5)14-13-24(32)26(3,4)22(27)12-16-28(23,29)6/h9-10,19,21-25,30-32H,8,11-17H2,1-7H3/b20-10+/t19?,21-,22?,23?,24+,25?,27+,28-,29-/m1/s1. The van der Waals surface area contributed by atoms with E-state index in [2.05, 4.69) is 54.5 Å². The van der Waals surface area contributed by atoms with Gasteiger partial charge in [-0.05, 0) is 105 Å². The number of rotatable bonds is 3. The summed E-state index contributed by atoms with van der Waals surface area (Å²) in [7, 11) is 0. The zero-order valence-corrected chi connectivity index (χ0v) is 21.6. The van der Waals surface area contributed by atoms with Crippen molar-refractivity contribution in [1.82, 2.24) is 0 Å². The second-order valence-corrected chi connectivity index (χ2v) is 13.5. The first-order chi connectivity index (χ1) is 14.8. The minimum atomic E-state index is -0.366. The van der Waals surface area contributed by atoms with Crippen molar-refractivity contribution in [1.29, 1.82) is 0 Å². The van der Waals surface area contributed by atoms with Gasteiger partial charge in [0.2, 0.25) is 0 Å². The Balaban J connectivity index is 1.67. The molecule has 0 radical (unpaired) electrons. The molecule has 4 rings (SSSR count). The molecule has 0 heterocycles. The Kier molecular flexibility index (Phi) is 5.98. The topological polar surface area (TPSA) is 60.7 Å². The van der Waals surface area contributed by atoms with Crippen molar-refractivity contribution in [2.75, 3.05) is 0 Å². The molecule has 3 heteroatoms. The summed E-state index contributed by atoms with van der Waals surface area (Å²) in [5.41, 5.74) is 1.55. The van der Waals surface area contributed by atoms with Gasteiger partial charge in [0.1, 0.15) is 0 Å². The molecule has 4 fully saturated rings. The minimum Gasteiger partial charge on any atom is -0.512 e. The van der Waals surface area contributed by atoms with Gasteiger partial charge in [0.15, 0.2) is 0 Å². The maximum Gasteiger partial charge on any atom is 0.0920 e. The number of aliphatic hydroxyl groups is 3. The van der Waals surface area contributed by atoms with Crippen LogP contribution in [-0.2, 0) is 0 Å². The Bertz CT molecular complexity index is 792. The van der Waals surface area contributed by atoms with E-state index in [1.807, 2.05) is 6.08 Å². The molecule has 0 spiro atoms. The van der Waals surface area contributed by atoms with Crippen LogP contribution in [0, 0.1) is 45.3 Å². The van der Waals surface area contributed by atoms with Gasteiger partial charge in [-0.2, -0.15) is 0 Å². The molecule has 9 atom stereocenters. The van der Waals surface area contributed by atoms with Crippen LogP contribution in [0.2, 0.25) is 0 Å². The lowest BCUT2D eigenvalue weighted by Gasteiger charge is -2.70. The first-order valence-electron chi connectivity index (χ1n) is 13.2. The maximum absolute atomic E-state index is 11.6. The second kappa shape index (κ2) is 7.87. The van der Waals surface area contributed by atoms with E-state index in [0.717, 1.165) is 38.5 Å². The Morgan fingerprint density at radius 2 is 1.50 bits per heavy atom. The Morgan fingerprint density at radius 3 is 2.16 bits per heavy atom. The molecule has 4 aliphatic carbocycles. The molecular formula is C29H48O3. The summed E-state index contributed by atoms with van der Waals surface area (Å²) in [5.74, 6) is 1.67. The molecule has 0 aliphatic heterocycles. The van der Waals surface area contributed by atoms with Crippen LogP contribution in [0.3, 0.4) is 0 Å². The summed E-state index contributed by atoms with van der Waals surface area (Å²) in [6, 6.07) is 0. The van der Waals surface area contributed by atoms with Gasteiger partial charge in [-0.3, -0.25) is 0 Å². The number of hydrogen-bond acceptors (Lipinski definition) is 3. The van der Waals surface area contributed by atoms with Gasteiger partial charge >= 0.3 is 0 Å². The van der Waals surface area contributed by atoms with Crippen LogP contribution in [0.25, 0.3) is 0 Å². The molecule has 0 aromatic rings. The van der Waals surface area contributed by atoms with Crippen molar-refractivity contribution in [2.45, 2.75) is 112 Å². The van der Waals surface area contributed by atoms with Crippen LogP contribution < -0.4 is 0 Å². The SMILES string of the molecule is CC(C)=CC/C=C(/O)C1CC[C@]2(C)C1[C@H](O)CC1[C@@]3(C)CC[C@H](O)C(C)(C)C3CC[C@]12C. The number of hydrogen-bond donors (Lipinski definition) is 3. The Morgan fingerprint density at radius 1 is 0.844 bits per heavy atom. The molecule has 0 aromatic heterocycles. The van der Waals surface area contributed by atoms with Crippen LogP contribution in [0.4, 0.5) is 0 Å². The molecule has 182 valence electrons. The fourth-order valence-corrected chi connectivity index (χ4v) is 9.65. The van der Waals surface area contributed by atoms with Gasteiger partial charge < -0.3 is 15.3 Å². The van der Waals surface area contributed by atoms with Gasteiger partial charge in [0, 0.05) is 11.8 Å². The van der Waals surface area contributed by atoms with E-state index in [-0.39, 0.29) is 45.7 Å². The monoisotopic (exact) mass is 444 g/mol. The van der Waals surface area contributed by atoms with Crippen LogP contribution in [0.15, 0.2) is 23.5 Å². The maximum atomic E-state index is 11.6. The summed E-state index contributed by atoms with van der Waals surface area (Å²) in [5, 5.41) is 33.5. The minimum absolute atomic E-state index is 0.0342. The van der Waals surface area contributed by atoms with Crippen LogP contribution >= 0.6 is 0 Å². The van der Waals surface area contributed by atoms with Gasteiger partial charge in [-0.1, -0.05) is 46.3 Å². The van der Waals surface area contributed by atoms with Crippen LogP contribution in [0.5, 0.6) is 0 Å². The smallest absolute Gasteiger partial charge is 0.0920 e. The first kappa shape index (κ1) is 24.3. The predicted octanol–water partition coefficient (Wildman–Crippen LogP) is 6.80. The van der Waals surface area contributed by atoms with E-state index in [0.29, 0.717) is 17.6 Å². The molecule has 0 saturated heterocycles. The third-order valence-corrected chi connectivity index (χ3v) is 11.6. The number of allylic oxidation sites excluding steroid dienone is 4. The lowest BCUT2D eigenvalue weighted by molar-refractivity contribution is -0.241. The lowest BCUT2D eigenvalue weighted by Crippen LogP contribution is -2.66. The lowest BCUT2D eigenvalue weighted by atomic mass is 9.35. The molecule has 3 N–H and O–H groups in total. The van der Waals surface area contributed by atoms with Crippen molar-refractivity contribution in [3.63, 3.8) is 0 Å². The number of aliphatic hydroxyl groups excluding tert-OH is 3. The van der Waals surface area contributed by atoms with Gasteiger partial charge in [-0.25, -0.2) is 0 Å². The molecule has 4 saturated carbocycles. The highest BCUT2D eigenvalue weighted by molar-refractivity contribution is 5.21. The fraction of sp³-hybridized carbons (Fsp3) is 0.862. The highest BCUT2D eigenvalue weighted by Gasteiger charge is 2.70. The molecular weight excluding hydrogens is 396 g/mol. The van der Waals surface area contributed by atoms with Crippen molar-refractivity contribution >= 4 is 0 Å². The van der Waals surface area contributed by atoms with Crippen molar-refractivity contribution < 1.29 is 15.3 Å². The van der Waals surface area contributed by atoms with Gasteiger partial charge in [-0.15, -0.1) is 0 Å². The Hall–Kier alpha value is -0.800. The van der Waals surface area contributed by atoms with Gasteiger partial charge in [0.25, 0.3) is 0 Å². The quantitative estimate of drug-likeness (QED) is 0.331. The predicted molar refractivity (Wildman–Crippen MR) is 131 cm³/mol. The van der Waals surface area contributed by atoms with Crippen LogP contribution in [-0.4, -0.2) is 27.5 Å². The molecule has 4 unspecified atom stereocenters. The van der Waals surface area contributed by atoms with E-state index in [1.54, 1.807) is 0 Å². The normalized spacial score (nSPS) is 50.2. The summed E-state index contributed by atoms with van der Waals surface area (Å²) in [6.45, 7) is 16.1. The molecule has 3 nitrogen and oxygen atoms in total. The fourth-order valence-electron chi connectivity index (χ4n) is 9.65. The first-order valence-corrected chi connectivity index (χ1v) is 13.2. The van der Waals surface area contributed by atoms with E-state index >= 15 is 0 Å². The third kappa shape index (κ3) is 3.28. The molecule has 0 bridgehead atoms. The second-order valence-electron chi connectivity index (χ2n) is 13.5. The van der Waals surface area contributed by atoms with E-state index < -0.39 is 0 Å². The molecule has 0 amide bonds. The van der Waals surface area contributed by atoms with Crippen molar-refractivity contribution in [3.05, 3.63) is 23.5 Å². The van der Waals surface area contributed by atoms with E-state index in [9.17, 15) is 15.3 Å². The zero-order chi connectivity index (χ0) is 23.7. The Labute approximate surface area is 196 Å². The number of fused-ring (bicyclic) bond motifs is 5. The van der Waals surface area contributed by atoms with Crippen molar-refractivity contribution in [3.8, 4) is 0 Å². The van der Waals surface area contributed by atoms with Crippen molar-refractivity contribution in [2.24, 2.45) is 45.3 Å². The van der Waals surface area contributed by atoms with Gasteiger partial charge in [0.05, 0.1) is 18.0 Å². The van der Waals surface area contributed by atoms with Crippen LogP contribution in [0.1, 0.15) is 99.8 Å². The average Bonchev–Trinajstić information content (AvgIpc) is 3.07. The largest absolute Gasteiger partial charge is 0.512 e. The highest BCUT2D eigenvalue weighted by Crippen LogP contribution is 2.75. The van der Waals surface area contributed by atoms with E-state index in [1.165, 1.54) is 18.4 Å².